The summed E-state index contributed by atoms with van der Waals surface area (Å²) in [6, 6.07) is 8.43. The molecule has 2 aromatic rings. The van der Waals surface area contributed by atoms with Gasteiger partial charge < -0.3 is 5.11 Å². The molecule has 1 N–H and O–H groups in total. The molecule has 0 aliphatic heterocycles. The van der Waals surface area contributed by atoms with E-state index in [1.165, 1.54) is 12.1 Å². The fourth-order valence-corrected chi connectivity index (χ4v) is 2.41. The molecule has 0 spiro atoms. The molecule has 21 heavy (non-hydrogen) atoms. The maximum absolute atomic E-state index is 13.4. The molecule has 1 heterocycles. The van der Waals surface area contributed by atoms with Crippen LogP contribution in [0.2, 0.25) is 0 Å². The average molecular weight is 290 g/mol. The van der Waals surface area contributed by atoms with Crippen LogP contribution in [0.5, 0.6) is 0 Å². The van der Waals surface area contributed by atoms with E-state index in [9.17, 15) is 9.50 Å². The summed E-state index contributed by atoms with van der Waals surface area (Å²) < 4.78 is 15.3. The monoisotopic (exact) mass is 290 g/mol. The molecule has 1 aromatic carbocycles. The zero-order valence-electron chi connectivity index (χ0n) is 12.9. The van der Waals surface area contributed by atoms with Crippen molar-refractivity contribution in [3.05, 3.63) is 53.6 Å². The zero-order valence-corrected chi connectivity index (χ0v) is 12.9. The largest absolute Gasteiger partial charge is 0.385 e. The van der Waals surface area contributed by atoms with Gasteiger partial charge in [-0.1, -0.05) is 26.0 Å². The van der Waals surface area contributed by atoms with E-state index < -0.39 is 5.60 Å². The number of rotatable bonds is 6. The van der Waals surface area contributed by atoms with E-state index in [1.54, 1.807) is 12.1 Å². The van der Waals surface area contributed by atoms with E-state index in [-0.39, 0.29) is 5.82 Å². The van der Waals surface area contributed by atoms with Crippen LogP contribution in [0.3, 0.4) is 0 Å². The summed E-state index contributed by atoms with van der Waals surface area (Å²) in [6.45, 7) is 6.12. The van der Waals surface area contributed by atoms with Gasteiger partial charge in [0.05, 0.1) is 11.3 Å². The second-order valence-corrected chi connectivity index (χ2v) is 5.62. The minimum absolute atomic E-state index is 0.329. The Kier molecular flexibility index (Phi) is 4.78. The van der Waals surface area contributed by atoms with Gasteiger partial charge >= 0.3 is 0 Å². The Morgan fingerprint density at radius 3 is 2.71 bits per heavy atom. The number of benzene rings is 1. The minimum atomic E-state index is -1.09. The van der Waals surface area contributed by atoms with Gasteiger partial charge in [-0.3, -0.25) is 4.68 Å². The van der Waals surface area contributed by atoms with Gasteiger partial charge in [0, 0.05) is 18.7 Å². The molecule has 2 unspecified atom stereocenters. The second kappa shape index (κ2) is 6.39. The van der Waals surface area contributed by atoms with Gasteiger partial charge in [-0.15, -0.1) is 0 Å². The lowest BCUT2D eigenvalue weighted by Crippen LogP contribution is -2.28. The molecule has 1 aromatic heterocycles. The van der Waals surface area contributed by atoms with Crippen molar-refractivity contribution in [1.29, 1.82) is 0 Å². The molecular weight excluding hydrogens is 267 g/mol. The molecule has 0 aliphatic rings. The van der Waals surface area contributed by atoms with E-state index in [0.717, 1.165) is 12.1 Å². The third-order valence-corrected chi connectivity index (χ3v) is 4.13. The Morgan fingerprint density at radius 1 is 1.33 bits per heavy atom. The molecule has 0 amide bonds. The predicted octanol–water partition coefficient (Wildman–Crippen LogP) is 3.83. The van der Waals surface area contributed by atoms with E-state index >= 15 is 0 Å². The predicted molar refractivity (Wildman–Crippen MR) is 81.5 cm³/mol. The summed E-state index contributed by atoms with van der Waals surface area (Å²) in [5.74, 6) is -0.329. The Balaban J connectivity index is 2.24. The number of nitrogens with zero attached hydrogens (tertiary/aromatic N) is 2. The van der Waals surface area contributed by atoms with Gasteiger partial charge in [-0.25, -0.2) is 4.39 Å². The fraction of sp³-hybridized carbons (Fsp3) is 0.471. The fourth-order valence-electron chi connectivity index (χ4n) is 2.41. The maximum Gasteiger partial charge on any atom is 0.123 e. The van der Waals surface area contributed by atoms with Gasteiger partial charge in [0.2, 0.25) is 0 Å². The molecule has 0 fully saturated rings. The van der Waals surface area contributed by atoms with Crippen LogP contribution in [-0.2, 0) is 12.0 Å². The average Bonchev–Trinajstić information content (AvgIpc) is 2.94. The first-order valence-corrected chi connectivity index (χ1v) is 7.51. The van der Waals surface area contributed by atoms with E-state index in [4.69, 9.17) is 0 Å². The number of hydrogen-bond acceptors (Lipinski definition) is 2. The van der Waals surface area contributed by atoms with Crippen LogP contribution in [0, 0.1) is 5.82 Å². The van der Waals surface area contributed by atoms with Gasteiger partial charge in [0.1, 0.15) is 5.82 Å². The third-order valence-electron chi connectivity index (χ3n) is 4.13. The summed E-state index contributed by atoms with van der Waals surface area (Å²) in [4.78, 5) is 0. The molecule has 2 atom stereocenters. The Hall–Kier alpha value is -1.68. The van der Waals surface area contributed by atoms with Crippen molar-refractivity contribution < 1.29 is 9.50 Å². The molecule has 4 heteroatoms. The summed E-state index contributed by atoms with van der Waals surface area (Å²) >= 11 is 0. The normalized spacial score (nSPS) is 15.7. The Bertz CT molecular complexity index is 596. The van der Waals surface area contributed by atoms with Crippen molar-refractivity contribution in [2.75, 3.05) is 0 Å². The first-order valence-electron chi connectivity index (χ1n) is 7.51. The molecule has 0 aliphatic carbocycles. The van der Waals surface area contributed by atoms with Crippen molar-refractivity contribution >= 4 is 0 Å². The van der Waals surface area contributed by atoms with E-state index in [2.05, 4.69) is 18.9 Å². The highest BCUT2D eigenvalue weighted by molar-refractivity contribution is 5.25. The molecule has 0 saturated heterocycles. The van der Waals surface area contributed by atoms with E-state index in [0.29, 0.717) is 24.4 Å². The Labute approximate surface area is 125 Å². The van der Waals surface area contributed by atoms with Crippen LogP contribution < -0.4 is 0 Å². The van der Waals surface area contributed by atoms with Crippen LogP contribution >= 0.6 is 0 Å². The molecule has 114 valence electrons. The lowest BCUT2D eigenvalue weighted by Gasteiger charge is -2.26. The standard InChI is InChI=1S/C17H23FN2O/c1-4-13(3)20-10-9-16(19-20)12-17(21,5-2)14-7-6-8-15(18)11-14/h6-11,13,21H,4-5,12H2,1-3H3. The van der Waals surface area contributed by atoms with Crippen LogP contribution in [0.15, 0.2) is 36.5 Å². The quantitative estimate of drug-likeness (QED) is 0.878. The van der Waals surface area contributed by atoms with Gasteiger partial charge in [0.25, 0.3) is 0 Å². The van der Waals surface area contributed by atoms with Crippen LogP contribution in [-0.4, -0.2) is 14.9 Å². The molecule has 0 saturated carbocycles. The molecule has 0 bridgehead atoms. The van der Waals surface area contributed by atoms with Crippen LogP contribution in [0.4, 0.5) is 4.39 Å². The van der Waals surface area contributed by atoms with Crippen molar-refractivity contribution in [3.63, 3.8) is 0 Å². The molecule has 0 radical (unpaired) electrons. The summed E-state index contributed by atoms with van der Waals surface area (Å²) in [5.41, 5.74) is 0.337. The summed E-state index contributed by atoms with van der Waals surface area (Å²) in [7, 11) is 0. The number of halogens is 1. The van der Waals surface area contributed by atoms with Crippen molar-refractivity contribution in [2.24, 2.45) is 0 Å². The lowest BCUT2D eigenvalue weighted by molar-refractivity contribution is 0.0312. The first kappa shape index (κ1) is 15.7. The van der Waals surface area contributed by atoms with Crippen LogP contribution in [0.1, 0.15) is 50.9 Å². The molecule has 3 nitrogen and oxygen atoms in total. The van der Waals surface area contributed by atoms with Gasteiger partial charge in [0.15, 0.2) is 0 Å². The zero-order chi connectivity index (χ0) is 15.5. The minimum Gasteiger partial charge on any atom is -0.385 e. The number of aliphatic hydroxyl groups is 1. The molecule has 2 rings (SSSR count). The third kappa shape index (κ3) is 3.50. The Morgan fingerprint density at radius 2 is 2.10 bits per heavy atom. The summed E-state index contributed by atoms with van der Waals surface area (Å²) in [6.07, 6.45) is 3.83. The highest BCUT2D eigenvalue weighted by Gasteiger charge is 2.29. The topological polar surface area (TPSA) is 38.0 Å². The highest BCUT2D eigenvalue weighted by atomic mass is 19.1. The van der Waals surface area contributed by atoms with Gasteiger partial charge in [-0.2, -0.15) is 5.10 Å². The first-order chi connectivity index (χ1) is 9.98. The van der Waals surface area contributed by atoms with Crippen LogP contribution in [0.25, 0.3) is 0 Å². The van der Waals surface area contributed by atoms with Crippen molar-refractivity contribution in [2.45, 2.75) is 51.7 Å². The highest BCUT2D eigenvalue weighted by Crippen LogP contribution is 2.29. The number of hydrogen-bond donors (Lipinski definition) is 1. The molecular formula is C17H23FN2O. The van der Waals surface area contributed by atoms with Crippen molar-refractivity contribution in [3.8, 4) is 0 Å². The smallest absolute Gasteiger partial charge is 0.123 e. The second-order valence-electron chi connectivity index (χ2n) is 5.62. The lowest BCUT2D eigenvalue weighted by atomic mass is 9.87. The maximum atomic E-state index is 13.4. The van der Waals surface area contributed by atoms with Gasteiger partial charge in [-0.05, 0) is 43.5 Å². The SMILES string of the molecule is CCC(C)n1ccc(CC(O)(CC)c2cccc(F)c2)n1. The van der Waals surface area contributed by atoms with E-state index in [1.807, 2.05) is 23.9 Å². The van der Waals surface area contributed by atoms with Crippen molar-refractivity contribution in [1.82, 2.24) is 9.78 Å². The number of aromatic nitrogens is 2. The summed E-state index contributed by atoms with van der Waals surface area (Å²) in [5, 5.41) is 15.4.